The van der Waals surface area contributed by atoms with Gasteiger partial charge in [0, 0.05) is 12.2 Å². The SMILES string of the molecule is C=CC(=O)OC[SiH](Cl)OC(=O)C=C(C)C. The highest BCUT2D eigenvalue weighted by Gasteiger charge is 2.14. The van der Waals surface area contributed by atoms with E-state index in [2.05, 4.69) is 11.3 Å². The Kier molecular flexibility index (Phi) is 6.73. The highest BCUT2D eigenvalue weighted by atomic mass is 35.6. The molecule has 6 heteroatoms. The van der Waals surface area contributed by atoms with Crippen LogP contribution in [0.3, 0.4) is 0 Å². The van der Waals surface area contributed by atoms with Gasteiger partial charge in [0.05, 0.1) is 0 Å². The molecule has 15 heavy (non-hydrogen) atoms. The van der Waals surface area contributed by atoms with E-state index in [1.807, 2.05) is 0 Å². The molecule has 0 saturated heterocycles. The van der Waals surface area contributed by atoms with E-state index >= 15 is 0 Å². The summed E-state index contributed by atoms with van der Waals surface area (Å²) >= 11 is 5.72. The predicted molar refractivity (Wildman–Crippen MR) is 59.7 cm³/mol. The first-order chi connectivity index (χ1) is 6.95. The third-order valence-corrected chi connectivity index (χ3v) is 2.74. The van der Waals surface area contributed by atoms with Gasteiger partial charge in [0.1, 0.15) is 6.23 Å². The molecule has 0 amide bonds. The molecule has 4 nitrogen and oxygen atoms in total. The van der Waals surface area contributed by atoms with Crippen LogP contribution in [0.1, 0.15) is 13.8 Å². The summed E-state index contributed by atoms with van der Waals surface area (Å²) in [7, 11) is -2.30. The number of esters is 1. The zero-order chi connectivity index (χ0) is 11.8. The molecule has 0 heterocycles. The third-order valence-electron chi connectivity index (χ3n) is 1.17. The van der Waals surface area contributed by atoms with Gasteiger partial charge in [-0.3, -0.25) is 0 Å². The molecule has 0 aliphatic carbocycles. The van der Waals surface area contributed by atoms with Crippen molar-refractivity contribution in [3.05, 3.63) is 24.3 Å². The van der Waals surface area contributed by atoms with Crippen molar-refractivity contribution in [2.24, 2.45) is 0 Å². The Morgan fingerprint density at radius 2 is 2.00 bits per heavy atom. The lowest BCUT2D eigenvalue weighted by atomic mass is 10.3. The van der Waals surface area contributed by atoms with Gasteiger partial charge in [-0.15, -0.1) is 11.1 Å². The average molecular weight is 249 g/mol. The summed E-state index contributed by atoms with van der Waals surface area (Å²) in [5.74, 6) is -1.08. The third kappa shape index (κ3) is 7.96. The Bertz CT molecular complexity index is 284. The standard InChI is InChI=1S/C9H13ClO4Si/c1-4-8(11)13-6-15(10)14-9(12)5-7(2)3/h4-5,15H,1,6H2,2-3H3. The van der Waals surface area contributed by atoms with Crippen LogP contribution in [0.2, 0.25) is 0 Å². The van der Waals surface area contributed by atoms with Crippen molar-refractivity contribution in [2.75, 3.05) is 6.23 Å². The largest absolute Gasteiger partial charge is 0.501 e. The molecule has 1 atom stereocenters. The molecule has 84 valence electrons. The van der Waals surface area contributed by atoms with Crippen LogP contribution in [0.5, 0.6) is 0 Å². The average Bonchev–Trinajstić information content (AvgIpc) is 2.12. The van der Waals surface area contributed by atoms with E-state index in [0.717, 1.165) is 11.6 Å². The maximum Gasteiger partial charge on any atom is 0.372 e. The first-order valence-electron chi connectivity index (χ1n) is 4.24. The molecule has 0 aromatic rings. The number of carbonyl (C=O) groups excluding carboxylic acids is 2. The molecule has 0 aliphatic heterocycles. The molecule has 0 aromatic carbocycles. The van der Waals surface area contributed by atoms with Gasteiger partial charge in [0.25, 0.3) is 0 Å². The number of halogens is 1. The first kappa shape index (κ1) is 13.9. The Morgan fingerprint density at radius 1 is 1.40 bits per heavy atom. The Morgan fingerprint density at radius 3 is 2.47 bits per heavy atom. The normalized spacial score (nSPS) is 11.1. The van der Waals surface area contributed by atoms with Gasteiger partial charge >= 0.3 is 20.3 Å². The molecule has 0 bridgehead atoms. The maximum atomic E-state index is 11.1. The van der Waals surface area contributed by atoms with Crippen molar-refractivity contribution in [3.63, 3.8) is 0 Å². The van der Waals surface area contributed by atoms with Crippen molar-refractivity contribution in [1.29, 1.82) is 0 Å². The summed E-state index contributed by atoms with van der Waals surface area (Å²) in [4.78, 5) is 21.7. The number of carbonyl (C=O) groups is 2. The summed E-state index contributed by atoms with van der Waals surface area (Å²) in [6, 6.07) is 0. The minimum Gasteiger partial charge on any atom is -0.501 e. The fourth-order valence-corrected chi connectivity index (χ4v) is 1.77. The minimum absolute atomic E-state index is 0.0608. The number of hydrogen-bond donors (Lipinski definition) is 0. The van der Waals surface area contributed by atoms with E-state index < -0.39 is 20.3 Å². The van der Waals surface area contributed by atoms with Crippen molar-refractivity contribution >= 4 is 31.4 Å². The lowest BCUT2D eigenvalue weighted by Gasteiger charge is -2.08. The summed E-state index contributed by atoms with van der Waals surface area (Å²) in [5, 5.41) is 0. The van der Waals surface area contributed by atoms with Gasteiger partial charge in [0.2, 0.25) is 0 Å². The van der Waals surface area contributed by atoms with Crippen LogP contribution in [-0.4, -0.2) is 26.5 Å². The Balaban J connectivity index is 3.88. The van der Waals surface area contributed by atoms with Crippen LogP contribution in [0.25, 0.3) is 0 Å². The monoisotopic (exact) mass is 248 g/mol. The fraction of sp³-hybridized carbons (Fsp3) is 0.333. The van der Waals surface area contributed by atoms with Gasteiger partial charge in [-0.25, -0.2) is 9.59 Å². The van der Waals surface area contributed by atoms with Crippen molar-refractivity contribution in [1.82, 2.24) is 0 Å². The topological polar surface area (TPSA) is 52.6 Å². The lowest BCUT2D eigenvalue weighted by Crippen LogP contribution is -2.23. The second-order valence-corrected chi connectivity index (χ2v) is 5.75. The number of rotatable bonds is 5. The number of hydrogen-bond acceptors (Lipinski definition) is 4. The second kappa shape index (κ2) is 7.25. The van der Waals surface area contributed by atoms with Gasteiger partial charge < -0.3 is 9.16 Å². The highest BCUT2D eigenvalue weighted by Crippen LogP contribution is 1.98. The minimum atomic E-state index is -2.30. The smallest absolute Gasteiger partial charge is 0.372 e. The summed E-state index contributed by atoms with van der Waals surface area (Å²) in [5.41, 5.74) is 0.820. The number of allylic oxidation sites excluding steroid dienone is 1. The van der Waals surface area contributed by atoms with Crippen LogP contribution >= 0.6 is 11.1 Å². The molecule has 0 radical (unpaired) electrons. The molecule has 0 rings (SSSR count). The summed E-state index contributed by atoms with van der Waals surface area (Å²) in [6.07, 6.45) is 2.29. The fourth-order valence-electron chi connectivity index (χ4n) is 0.636. The van der Waals surface area contributed by atoms with Crippen LogP contribution < -0.4 is 0 Å². The van der Waals surface area contributed by atoms with Crippen LogP contribution in [0.15, 0.2) is 24.3 Å². The van der Waals surface area contributed by atoms with Crippen molar-refractivity contribution < 1.29 is 18.8 Å². The van der Waals surface area contributed by atoms with E-state index in [0.29, 0.717) is 0 Å². The van der Waals surface area contributed by atoms with Crippen LogP contribution in [0, 0.1) is 0 Å². The summed E-state index contributed by atoms with van der Waals surface area (Å²) < 4.78 is 9.47. The van der Waals surface area contributed by atoms with E-state index in [9.17, 15) is 9.59 Å². The second-order valence-electron chi connectivity index (χ2n) is 2.90. The Labute approximate surface area is 94.9 Å². The predicted octanol–water partition coefficient (Wildman–Crippen LogP) is 1.22. The van der Waals surface area contributed by atoms with Gasteiger partial charge in [0.15, 0.2) is 0 Å². The molecular weight excluding hydrogens is 236 g/mol. The van der Waals surface area contributed by atoms with Gasteiger partial charge in [-0.2, -0.15) is 0 Å². The molecule has 0 N–H and O–H groups in total. The van der Waals surface area contributed by atoms with Crippen molar-refractivity contribution in [3.8, 4) is 0 Å². The summed E-state index contributed by atoms with van der Waals surface area (Å²) in [6.45, 7) is 6.75. The Hall–Kier alpha value is -1.07. The lowest BCUT2D eigenvalue weighted by molar-refractivity contribution is -0.137. The quantitative estimate of drug-likeness (QED) is 0.318. The molecule has 1 unspecified atom stereocenters. The van der Waals surface area contributed by atoms with E-state index in [1.54, 1.807) is 13.8 Å². The molecule has 0 aromatic heterocycles. The van der Waals surface area contributed by atoms with Crippen molar-refractivity contribution in [2.45, 2.75) is 13.8 Å². The number of ether oxygens (including phenoxy) is 1. The molecule has 0 aliphatic rings. The first-order valence-corrected chi connectivity index (χ1v) is 7.28. The maximum absolute atomic E-state index is 11.1. The molecule has 0 spiro atoms. The van der Waals surface area contributed by atoms with Gasteiger partial charge in [-0.05, 0) is 13.8 Å². The molecular formula is C9H13ClO4Si. The molecule has 0 fully saturated rings. The zero-order valence-electron chi connectivity index (χ0n) is 8.66. The highest BCUT2D eigenvalue weighted by molar-refractivity contribution is 7.03. The van der Waals surface area contributed by atoms with E-state index in [1.165, 1.54) is 6.08 Å². The van der Waals surface area contributed by atoms with E-state index in [-0.39, 0.29) is 6.23 Å². The van der Waals surface area contributed by atoms with E-state index in [4.69, 9.17) is 15.5 Å². The van der Waals surface area contributed by atoms with Gasteiger partial charge in [-0.1, -0.05) is 12.2 Å². The van der Waals surface area contributed by atoms with Crippen LogP contribution in [0.4, 0.5) is 0 Å². The van der Waals surface area contributed by atoms with Crippen LogP contribution in [-0.2, 0) is 18.8 Å². The zero-order valence-corrected chi connectivity index (χ0v) is 10.6. The molecule has 0 saturated carbocycles.